The molecular formula is C23H22ClN3O4S. The molecule has 0 bridgehead atoms. The molecule has 0 aliphatic heterocycles. The monoisotopic (exact) mass is 471 g/mol. The first-order valence-electron chi connectivity index (χ1n) is 9.63. The first kappa shape index (κ1) is 23.4. The van der Waals surface area contributed by atoms with E-state index in [9.17, 15) is 9.59 Å². The van der Waals surface area contributed by atoms with Crippen molar-refractivity contribution in [1.29, 1.82) is 0 Å². The number of hydrogen-bond acceptors (Lipinski definition) is 6. The van der Waals surface area contributed by atoms with Gasteiger partial charge in [-0.15, -0.1) is 0 Å². The number of ether oxygens (including phenoxy) is 2. The highest BCUT2D eigenvalue weighted by atomic mass is 35.5. The SMILES string of the molecule is COc1ccc(NC(=O)CSc2ncccc2C(=O)NCc2ccccc2Cl)c(OC)c1. The summed E-state index contributed by atoms with van der Waals surface area (Å²) in [6.45, 7) is 0.287. The van der Waals surface area contributed by atoms with E-state index < -0.39 is 0 Å². The molecule has 3 rings (SSSR count). The van der Waals surface area contributed by atoms with E-state index in [0.717, 1.165) is 5.56 Å². The summed E-state index contributed by atoms with van der Waals surface area (Å²) in [5.74, 6) is 0.622. The summed E-state index contributed by atoms with van der Waals surface area (Å²) in [7, 11) is 3.07. The Morgan fingerprint density at radius 3 is 2.62 bits per heavy atom. The Labute approximate surface area is 195 Å². The Balaban J connectivity index is 1.62. The number of anilines is 1. The van der Waals surface area contributed by atoms with Crippen LogP contribution in [0.15, 0.2) is 65.8 Å². The molecule has 0 atom stereocenters. The van der Waals surface area contributed by atoms with Gasteiger partial charge >= 0.3 is 0 Å². The number of nitrogens with zero attached hydrogens (tertiary/aromatic N) is 1. The lowest BCUT2D eigenvalue weighted by atomic mass is 10.2. The van der Waals surface area contributed by atoms with Crippen LogP contribution in [0.25, 0.3) is 0 Å². The third-order valence-corrected chi connectivity index (χ3v) is 5.81. The van der Waals surface area contributed by atoms with Gasteiger partial charge in [0.15, 0.2) is 0 Å². The molecule has 0 unspecified atom stereocenters. The lowest BCUT2D eigenvalue weighted by molar-refractivity contribution is -0.113. The van der Waals surface area contributed by atoms with Crippen LogP contribution >= 0.6 is 23.4 Å². The summed E-state index contributed by atoms with van der Waals surface area (Å²) in [4.78, 5) is 29.4. The normalized spacial score (nSPS) is 10.3. The van der Waals surface area contributed by atoms with Crippen LogP contribution in [0, 0.1) is 0 Å². The molecule has 1 heterocycles. The fourth-order valence-corrected chi connectivity index (χ4v) is 3.81. The maximum Gasteiger partial charge on any atom is 0.254 e. The zero-order valence-corrected chi connectivity index (χ0v) is 19.1. The number of amides is 2. The lowest BCUT2D eigenvalue weighted by Crippen LogP contribution is -2.24. The number of thioether (sulfide) groups is 1. The minimum absolute atomic E-state index is 0.0665. The van der Waals surface area contributed by atoms with E-state index in [4.69, 9.17) is 21.1 Å². The van der Waals surface area contributed by atoms with Crippen LogP contribution in [0.4, 0.5) is 5.69 Å². The first-order chi connectivity index (χ1) is 15.5. The Morgan fingerprint density at radius 1 is 1.06 bits per heavy atom. The van der Waals surface area contributed by atoms with Gasteiger partial charge in [-0.1, -0.05) is 41.6 Å². The van der Waals surface area contributed by atoms with E-state index in [2.05, 4.69) is 15.6 Å². The number of halogens is 1. The van der Waals surface area contributed by atoms with Crippen molar-refractivity contribution < 1.29 is 19.1 Å². The number of rotatable bonds is 9. The summed E-state index contributed by atoms with van der Waals surface area (Å²) in [5.41, 5.74) is 1.73. The van der Waals surface area contributed by atoms with Crippen LogP contribution in [0.1, 0.15) is 15.9 Å². The van der Waals surface area contributed by atoms with Crippen LogP contribution < -0.4 is 20.1 Å². The minimum atomic E-state index is -0.294. The summed E-state index contributed by atoms with van der Waals surface area (Å²) in [5, 5.41) is 6.69. The highest BCUT2D eigenvalue weighted by Gasteiger charge is 2.15. The van der Waals surface area contributed by atoms with Gasteiger partial charge in [-0.25, -0.2) is 4.98 Å². The first-order valence-corrected chi connectivity index (χ1v) is 11.0. The van der Waals surface area contributed by atoms with Crippen molar-refractivity contribution >= 4 is 40.9 Å². The molecule has 32 heavy (non-hydrogen) atoms. The number of aromatic nitrogens is 1. The molecule has 166 valence electrons. The van der Waals surface area contributed by atoms with Crippen molar-refractivity contribution in [1.82, 2.24) is 10.3 Å². The molecule has 0 saturated carbocycles. The van der Waals surface area contributed by atoms with Crippen molar-refractivity contribution in [3.05, 3.63) is 76.9 Å². The molecular weight excluding hydrogens is 450 g/mol. The van der Waals surface area contributed by atoms with Crippen molar-refractivity contribution in [2.75, 3.05) is 25.3 Å². The number of carbonyl (C=O) groups is 2. The van der Waals surface area contributed by atoms with Gasteiger partial charge in [0.05, 0.1) is 31.2 Å². The number of pyridine rings is 1. The van der Waals surface area contributed by atoms with E-state index in [1.807, 2.05) is 18.2 Å². The molecule has 7 nitrogen and oxygen atoms in total. The number of nitrogens with one attached hydrogen (secondary N) is 2. The Hall–Kier alpha value is -3.23. The van der Waals surface area contributed by atoms with Crippen LogP contribution in [-0.4, -0.2) is 36.8 Å². The van der Waals surface area contributed by atoms with E-state index in [-0.39, 0.29) is 24.1 Å². The molecule has 2 N–H and O–H groups in total. The van der Waals surface area contributed by atoms with Gasteiger partial charge in [0.2, 0.25) is 5.91 Å². The maximum absolute atomic E-state index is 12.7. The average molecular weight is 472 g/mol. The van der Waals surface area contributed by atoms with E-state index in [0.29, 0.717) is 32.8 Å². The largest absolute Gasteiger partial charge is 0.497 e. The Kier molecular flexibility index (Phi) is 8.35. The molecule has 0 saturated heterocycles. The summed E-state index contributed by atoms with van der Waals surface area (Å²) >= 11 is 7.32. The highest BCUT2D eigenvalue weighted by Crippen LogP contribution is 2.29. The molecule has 0 spiro atoms. The molecule has 0 fully saturated rings. The molecule has 1 aromatic heterocycles. The second-order valence-electron chi connectivity index (χ2n) is 6.53. The molecule has 3 aromatic rings. The van der Waals surface area contributed by atoms with Crippen LogP contribution in [0.5, 0.6) is 11.5 Å². The number of carbonyl (C=O) groups excluding carboxylic acids is 2. The zero-order chi connectivity index (χ0) is 22.9. The Morgan fingerprint density at radius 2 is 1.88 bits per heavy atom. The zero-order valence-electron chi connectivity index (χ0n) is 17.6. The average Bonchev–Trinajstić information content (AvgIpc) is 2.82. The van der Waals surface area contributed by atoms with Gasteiger partial charge in [-0.2, -0.15) is 0 Å². The van der Waals surface area contributed by atoms with Gasteiger partial charge < -0.3 is 20.1 Å². The van der Waals surface area contributed by atoms with E-state index >= 15 is 0 Å². The standard InChI is InChI=1S/C23H22ClN3O4S/c1-30-16-9-10-19(20(12-16)31-2)27-21(28)14-32-23-17(7-5-11-25-23)22(29)26-13-15-6-3-4-8-18(15)24/h3-12H,13-14H2,1-2H3,(H,26,29)(H,27,28). The third-order valence-electron chi connectivity index (χ3n) is 4.44. The Bertz CT molecular complexity index is 1110. The summed E-state index contributed by atoms with van der Waals surface area (Å²) < 4.78 is 10.5. The van der Waals surface area contributed by atoms with Gasteiger partial charge in [0, 0.05) is 23.8 Å². The van der Waals surface area contributed by atoms with E-state index in [1.165, 1.54) is 18.9 Å². The third kappa shape index (κ3) is 6.15. The molecule has 9 heteroatoms. The second-order valence-corrected chi connectivity index (χ2v) is 7.90. The predicted molar refractivity (Wildman–Crippen MR) is 126 cm³/mol. The minimum Gasteiger partial charge on any atom is -0.497 e. The fourth-order valence-electron chi connectivity index (χ4n) is 2.81. The van der Waals surface area contributed by atoms with Crippen molar-refractivity contribution in [3.63, 3.8) is 0 Å². The van der Waals surface area contributed by atoms with Crippen molar-refractivity contribution in [3.8, 4) is 11.5 Å². The topological polar surface area (TPSA) is 89.5 Å². The quantitative estimate of drug-likeness (QED) is 0.449. The molecule has 2 aromatic carbocycles. The number of hydrogen-bond donors (Lipinski definition) is 2. The lowest BCUT2D eigenvalue weighted by Gasteiger charge is -2.12. The molecule has 2 amide bonds. The smallest absolute Gasteiger partial charge is 0.254 e. The molecule has 0 aliphatic rings. The van der Waals surface area contributed by atoms with Crippen LogP contribution in [0.3, 0.4) is 0 Å². The van der Waals surface area contributed by atoms with Gasteiger partial charge in [0.25, 0.3) is 5.91 Å². The molecule has 0 radical (unpaired) electrons. The van der Waals surface area contributed by atoms with Gasteiger partial charge in [-0.05, 0) is 35.9 Å². The van der Waals surface area contributed by atoms with Crippen molar-refractivity contribution in [2.45, 2.75) is 11.6 Å². The van der Waals surface area contributed by atoms with Gasteiger partial charge in [-0.3, -0.25) is 9.59 Å². The number of methoxy groups -OCH3 is 2. The summed E-state index contributed by atoms with van der Waals surface area (Å²) in [6.07, 6.45) is 1.58. The summed E-state index contributed by atoms with van der Waals surface area (Å²) in [6, 6.07) is 15.8. The van der Waals surface area contributed by atoms with Crippen LogP contribution in [0.2, 0.25) is 5.02 Å². The maximum atomic E-state index is 12.7. The van der Waals surface area contributed by atoms with Crippen molar-refractivity contribution in [2.24, 2.45) is 0 Å². The number of benzene rings is 2. The predicted octanol–water partition coefficient (Wildman–Crippen LogP) is 4.41. The highest BCUT2D eigenvalue weighted by molar-refractivity contribution is 8.00. The van der Waals surface area contributed by atoms with Gasteiger partial charge in [0.1, 0.15) is 16.5 Å². The second kappa shape index (κ2) is 11.4. The molecule has 0 aliphatic carbocycles. The fraction of sp³-hybridized carbons (Fsp3) is 0.174. The van der Waals surface area contributed by atoms with Crippen LogP contribution in [-0.2, 0) is 11.3 Å². The van der Waals surface area contributed by atoms with E-state index in [1.54, 1.807) is 49.7 Å².